The van der Waals surface area contributed by atoms with Gasteiger partial charge in [-0.3, -0.25) is 0 Å². The first kappa shape index (κ1) is 17.7. The summed E-state index contributed by atoms with van der Waals surface area (Å²) in [6.45, 7) is 3.04. The van der Waals surface area contributed by atoms with Crippen LogP contribution in [0.3, 0.4) is 0 Å². The van der Waals surface area contributed by atoms with Crippen LogP contribution in [-0.2, 0) is 14.6 Å². The number of carbonyl (C=O) groups excluding carboxylic acids is 1. The van der Waals surface area contributed by atoms with Gasteiger partial charge in [0.2, 0.25) is 0 Å². The summed E-state index contributed by atoms with van der Waals surface area (Å²) in [6.07, 6.45) is 2.56. The molecular weight excluding hydrogens is 316 g/mol. The first-order chi connectivity index (χ1) is 11.0. The van der Waals surface area contributed by atoms with Crippen molar-refractivity contribution >= 4 is 15.9 Å². The van der Waals surface area contributed by atoms with Gasteiger partial charge in [0.1, 0.15) is 0 Å². The molecule has 0 spiro atoms. The molecule has 1 aromatic rings. The van der Waals surface area contributed by atoms with Crippen LogP contribution >= 0.6 is 0 Å². The molecule has 2 atom stereocenters. The second-order valence-corrected chi connectivity index (χ2v) is 7.72. The largest absolute Gasteiger partial charge is 0.376 e. The zero-order valence-corrected chi connectivity index (χ0v) is 14.1. The lowest BCUT2D eigenvalue weighted by atomic mass is 10.2. The zero-order valence-electron chi connectivity index (χ0n) is 13.3. The minimum Gasteiger partial charge on any atom is -0.376 e. The van der Waals surface area contributed by atoms with Gasteiger partial charge in [-0.1, -0.05) is 25.1 Å². The number of nitrogens with one attached hydrogen (secondary N) is 2. The van der Waals surface area contributed by atoms with Crippen molar-refractivity contribution in [3.63, 3.8) is 0 Å². The van der Waals surface area contributed by atoms with Gasteiger partial charge >= 0.3 is 6.03 Å². The number of ether oxygens (including phenoxy) is 1. The van der Waals surface area contributed by atoms with Crippen molar-refractivity contribution in [2.24, 2.45) is 0 Å². The van der Waals surface area contributed by atoms with Gasteiger partial charge in [0.05, 0.1) is 16.8 Å². The third kappa shape index (κ3) is 5.51. The van der Waals surface area contributed by atoms with Gasteiger partial charge in [-0.25, -0.2) is 13.2 Å². The molecule has 0 aromatic heterocycles. The Labute approximate surface area is 137 Å². The molecule has 128 valence electrons. The van der Waals surface area contributed by atoms with E-state index in [2.05, 4.69) is 10.6 Å². The quantitative estimate of drug-likeness (QED) is 0.791. The maximum atomic E-state index is 12.4. The topological polar surface area (TPSA) is 84.5 Å². The average molecular weight is 340 g/mol. The van der Waals surface area contributed by atoms with E-state index in [0.717, 1.165) is 19.4 Å². The normalized spacial score (nSPS) is 19.3. The highest BCUT2D eigenvalue weighted by Crippen LogP contribution is 2.13. The highest BCUT2D eigenvalue weighted by molar-refractivity contribution is 7.91. The summed E-state index contributed by atoms with van der Waals surface area (Å²) in [7, 11) is -3.42. The van der Waals surface area contributed by atoms with Gasteiger partial charge in [-0.15, -0.1) is 0 Å². The van der Waals surface area contributed by atoms with Crippen LogP contribution < -0.4 is 10.6 Å². The maximum Gasteiger partial charge on any atom is 0.315 e. The van der Waals surface area contributed by atoms with Crippen LogP contribution in [-0.4, -0.2) is 45.5 Å². The Kier molecular flexibility index (Phi) is 6.41. The fourth-order valence-corrected chi connectivity index (χ4v) is 4.11. The van der Waals surface area contributed by atoms with Crippen molar-refractivity contribution in [1.29, 1.82) is 0 Å². The lowest BCUT2D eigenvalue weighted by Gasteiger charge is -2.18. The molecule has 1 heterocycles. The lowest BCUT2D eigenvalue weighted by Crippen LogP contribution is -2.46. The Bertz CT molecular complexity index is 598. The molecule has 1 fully saturated rings. The van der Waals surface area contributed by atoms with E-state index in [1.54, 1.807) is 30.3 Å². The van der Waals surface area contributed by atoms with Crippen LogP contribution in [0.25, 0.3) is 0 Å². The number of hydrogen-bond donors (Lipinski definition) is 2. The number of urea groups is 1. The molecule has 0 saturated carbocycles. The summed E-state index contributed by atoms with van der Waals surface area (Å²) in [4.78, 5) is 12.2. The standard InChI is InChI=1S/C16H24N2O4S/c1-2-13(12-23(20,21)15-8-4-3-5-9-15)18-16(19)17-11-14-7-6-10-22-14/h3-5,8-9,13-14H,2,6-7,10-12H2,1H3,(H2,17,18,19)/t13-,14-/m0/s1. The number of sulfone groups is 1. The molecule has 1 saturated heterocycles. The van der Waals surface area contributed by atoms with Gasteiger partial charge in [0.25, 0.3) is 0 Å². The fourth-order valence-electron chi connectivity index (χ4n) is 2.50. The van der Waals surface area contributed by atoms with Crippen LogP contribution in [0.15, 0.2) is 35.2 Å². The predicted octanol–water partition coefficient (Wildman–Crippen LogP) is 1.72. The maximum absolute atomic E-state index is 12.4. The van der Waals surface area contributed by atoms with Gasteiger partial charge < -0.3 is 15.4 Å². The second kappa shape index (κ2) is 8.31. The van der Waals surface area contributed by atoms with E-state index in [1.165, 1.54) is 0 Å². The molecule has 1 aromatic carbocycles. The van der Waals surface area contributed by atoms with E-state index in [-0.39, 0.29) is 22.8 Å². The van der Waals surface area contributed by atoms with Gasteiger partial charge in [0.15, 0.2) is 9.84 Å². The summed E-state index contributed by atoms with van der Waals surface area (Å²) < 4.78 is 30.2. The Morgan fingerprint density at radius 1 is 1.35 bits per heavy atom. The van der Waals surface area contributed by atoms with Crippen LogP contribution in [0.5, 0.6) is 0 Å². The van der Waals surface area contributed by atoms with Crippen LogP contribution in [0.1, 0.15) is 26.2 Å². The van der Waals surface area contributed by atoms with E-state index < -0.39 is 15.9 Å². The van der Waals surface area contributed by atoms with Crippen molar-refractivity contribution in [3.8, 4) is 0 Å². The number of carbonyl (C=O) groups is 1. The molecule has 2 amide bonds. The van der Waals surface area contributed by atoms with E-state index in [1.807, 2.05) is 6.92 Å². The number of benzene rings is 1. The smallest absolute Gasteiger partial charge is 0.315 e. The molecule has 0 bridgehead atoms. The molecule has 23 heavy (non-hydrogen) atoms. The monoisotopic (exact) mass is 340 g/mol. The number of rotatable bonds is 7. The minimum absolute atomic E-state index is 0.0638. The Morgan fingerprint density at radius 3 is 2.70 bits per heavy atom. The van der Waals surface area contributed by atoms with E-state index in [9.17, 15) is 13.2 Å². The van der Waals surface area contributed by atoms with E-state index in [4.69, 9.17) is 4.74 Å². The molecular formula is C16H24N2O4S. The fraction of sp³-hybridized carbons (Fsp3) is 0.562. The Balaban J connectivity index is 1.85. The number of amides is 2. The van der Waals surface area contributed by atoms with Crippen molar-refractivity contribution < 1.29 is 17.9 Å². The van der Waals surface area contributed by atoms with Crippen LogP contribution in [0, 0.1) is 0 Å². The highest BCUT2D eigenvalue weighted by Gasteiger charge is 2.22. The van der Waals surface area contributed by atoms with E-state index in [0.29, 0.717) is 13.0 Å². The molecule has 1 aliphatic rings. The van der Waals surface area contributed by atoms with Crippen molar-refractivity contribution in [1.82, 2.24) is 10.6 Å². The molecule has 2 rings (SSSR count). The SMILES string of the molecule is CC[C@@H](CS(=O)(=O)c1ccccc1)NC(=O)NC[C@@H]1CCCO1. The summed E-state index contributed by atoms with van der Waals surface area (Å²) >= 11 is 0. The highest BCUT2D eigenvalue weighted by atomic mass is 32.2. The summed E-state index contributed by atoms with van der Waals surface area (Å²) in [6, 6.07) is 7.51. The zero-order chi connectivity index (χ0) is 16.7. The van der Waals surface area contributed by atoms with Gasteiger partial charge in [-0.05, 0) is 31.4 Å². The number of hydrogen-bond acceptors (Lipinski definition) is 4. The van der Waals surface area contributed by atoms with E-state index >= 15 is 0 Å². The molecule has 0 unspecified atom stereocenters. The summed E-state index contributed by atoms with van der Waals surface area (Å²) in [5.41, 5.74) is 0. The molecule has 0 radical (unpaired) electrons. The molecule has 7 heteroatoms. The summed E-state index contributed by atoms with van der Waals surface area (Å²) in [5.74, 6) is -0.110. The first-order valence-electron chi connectivity index (χ1n) is 7.95. The van der Waals surface area contributed by atoms with Crippen molar-refractivity contribution in [3.05, 3.63) is 30.3 Å². The average Bonchev–Trinajstić information content (AvgIpc) is 3.06. The third-order valence-electron chi connectivity index (χ3n) is 3.87. The lowest BCUT2D eigenvalue weighted by molar-refractivity contribution is 0.111. The van der Waals surface area contributed by atoms with Crippen LogP contribution in [0.4, 0.5) is 4.79 Å². The van der Waals surface area contributed by atoms with Gasteiger partial charge in [0, 0.05) is 19.2 Å². The molecule has 2 N–H and O–H groups in total. The second-order valence-electron chi connectivity index (χ2n) is 5.69. The molecule has 1 aliphatic heterocycles. The van der Waals surface area contributed by atoms with Crippen LogP contribution in [0.2, 0.25) is 0 Å². The van der Waals surface area contributed by atoms with Gasteiger partial charge in [-0.2, -0.15) is 0 Å². The first-order valence-corrected chi connectivity index (χ1v) is 9.60. The predicted molar refractivity (Wildman–Crippen MR) is 88.1 cm³/mol. The Hall–Kier alpha value is -1.60. The summed E-state index contributed by atoms with van der Waals surface area (Å²) in [5, 5.41) is 5.48. The van der Waals surface area contributed by atoms with Crippen molar-refractivity contribution in [2.45, 2.75) is 43.2 Å². The molecule has 0 aliphatic carbocycles. The minimum atomic E-state index is -3.42. The molecule has 6 nitrogen and oxygen atoms in total. The Morgan fingerprint density at radius 2 is 2.09 bits per heavy atom. The van der Waals surface area contributed by atoms with Crippen molar-refractivity contribution in [2.75, 3.05) is 18.9 Å². The third-order valence-corrected chi connectivity index (χ3v) is 5.70.